The number of amides is 1. The van der Waals surface area contributed by atoms with E-state index in [-0.39, 0.29) is 0 Å². The molecule has 4 heteroatoms. The molecule has 2 aliphatic rings. The van der Waals surface area contributed by atoms with Crippen LogP contribution < -0.4 is 5.32 Å². The largest absolute Gasteiger partial charge is 0.342 e. The zero-order valence-corrected chi connectivity index (χ0v) is 12.3. The number of carbonyl (C=O) groups is 1. The van der Waals surface area contributed by atoms with Crippen molar-refractivity contribution < 1.29 is 4.79 Å². The van der Waals surface area contributed by atoms with Crippen molar-refractivity contribution in [2.75, 3.05) is 25.9 Å². The number of thioether (sulfide) groups is 1. The van der Waals surface area contributed by atoms with Gasteiger partial charge >= 0.3 is 0 Å². The van der Waals surface area contributed by atoms with Gasteiger partial charge in [0.2, 0.25) is 5.91 Å². The van der Waals surface area contributed by atoms with Gasteiger partial charge < -0.3 is 10.2 Å². The molecule has 104 valence electrons. The van der Waals surface area contributed by atoms with Crippen LogP contribution in [0.2, 0.25) is 0 Å². The maximum atomic E-state index is 12.1. The molecule has 0 spiro atoms. The molecular formula is C14H26N2OS. The number of nitrogens with one attached hydrogen (secondary N) is 1. The molecule has 1 heterocycles. The van der Waals surface area contributed by atoms with Crippen LogP contribution in [0.4, 0.5) is 0 Å². The first kappa shape index (κ1) is 14.2. The van der Waals surface area contributed by atoms with Gasteiger partial charge in [0.05, 0.1) is 6.54 Å². The quantitative estimate of drug-likeness (QED) is 0.850. The van der Waals surface area contributed by atoms with Crippen molar-refractivity contribution in [3.8, 4) is 0 Å². The molecule has 2 rings (SSSR count). The van der Waals surface area contributed by atoms with Gasteiger partial charge in [-0.3, -0.25) is 4.79 Å². The van der Waals surface area contributed by atoms with Crippen molar-refractivity contribution in [2.24, 2.45) is 0 Å². The smallest absolute Gasteiger partial charge is 0.236 e. The Balaban J connectivity index is 1.68. The van der Waals surface area contributed by atoms with Crippen LogP contribution in [0.1, 0.15) is 44.9 Å². The highest BCUT2D eigenvalue weighted by Gasteiger charge is 2.24. The highest BCUT2D eigenvalue weighted by Crippen LogP contribution is 2.27. The zero-order chi connectivity index (χ0) is 12.8. The first-order valence-electron chi connectivity index (χ1n) is 7.33. The molecule has 1 saturated carbocycles. The first-order chi connectivity index (χ1) is 8.79. The molecule has 1 N–H and O–H groups in total. The molecule has 1 amide bonds. The van der Waals surface area contributed by atoms with E-state index in [4.69, 9.17) is 0 Å². The van der Waals surface area contributed by atoms with Crippen molar-refractivity contribution in [1.29, 1.82) is 0 Å². The summed E-state index contributed by atoms with van der Waals surface area (Å²) >= 11 is 1.97. The van der Waals surface area contributed by atoms with Crippen LogP contribution in [0.5, 0.6) is 0 Å². The van der Waals surface area contributed by atoms with Crippen LogP contribution in [0, 0.1) is 0 Å². The Kier molecular flexibility index (Phi) is 5.83. The van der Waals surface area contributed by atoms with Crippen molar-refractivity contribution in [2.45, 2.75) is 56.2 Å². The lowest BCUT2D eigenvalue weighted by Gasteiger charge is -2.21. The minimum absolute atomic E-state index is 0.310. The molecule has 1 aliphatic heterocycles. The van der Waals surface area contributed by atoms with Crippen LogP contribution >= 0.6 is 11.8 Å². The van der Waals surface area contributed by atoms with E-state index in [1.165, 1.54) is 44.9 Å². The molecule has 2 fully saturated rings. The third-order valence-electron chi connectivity index (χ3n) is 4.22. The van der Waals surface area contributed by atoms with E-state index in [2.05, 4.69) is 16.5 Å². The van der Waals surface area contributed by atoms with Gasteiger partial charge in [0.25, 0.3) is 0 Å². The van der Waals surface area contributed by atoms with Crippen LogP contribution in [0.3, 0.4) is 0 Å². The fourth-order valence-corrected chi connectivity index (χ4v) is 3.80. The maximum absolute atomic E-state index is 12.1. The van der Waals surface area contributed by atoms with Crippen molar-refractivity contribution in [3.63, 3.8) is 0 Å². The molecule has 0 bridgehead atoms. The standard InChI is InChI=1S/C14H26N2OS/c1-18-13-7-6-12(10-13)15-11-14(17)16-8-4-2-3-5-9-16/h12-13,15H,2-11H2,1H3. The summed E-state index contributed by atoms with van der Waals surface area (Å²) in [4.78, 5) is 14.2. The number of hydrogen-bond acceptors (Lipinski definition) is 3. The summed E-state index contributed by atoms with van der Waals surface area (Å²) < 4.78 is 0. The van der Waals surface area contributed by atoms with E-state index in [9.17, 15) is 4.79 Å². The van der Waals surface area contributed by atoms with Gasteiger partial charge in [-0.05, 0) is 38.4 Å². The molecule has 3 nitrogen and oxygen atoms in total. The number of nitrogens with zero attached hydrogens (tertiary/aromatic N) is 1. The van der Waals surface area contributed by atoms with E-state index in [0.29, 0.717) is 18.5 Å². The van der Waals surface area contributed by atoms with Crippen molar-refractivity contribution in [3.05, 3.63) is 0 Å². The molecular weight excluding hydrogens is 244 g/mol. The van der Waals surface area contributed by atoms with Crippen LogP contribution in [0.25, 0.3) is 0 Å². The molecule has 2 atom stereocenters. The van der Waals surface area contributed by atoms with Crippen molar-refractivity contribution in [1.82, 2.24) is 10.2 Å². The summed E-state index contributed by atoms with van der Waals surface area (Å²) in [5.74, 6) is 0.310. The van der Waals surface area contributed by atoms with Gasteiger partial charge in [0, 0.05) is 24.4 Å². The molecule has 1 aliphatic carbocycles. The fourth-order valence-electron chi connectivity index (χ4n) is 3.00. The Morgan fingerprint density at radius 1 is 1.22 bits per heavy atom. The lowest BCUT2D eigenvalue weighted by atomic mass is 10.2. The SMILES string of the molecule is CSC1CCC(NCC(=O)N2CCCCCC2)C1. The minimum Gasteiger partial charge on any atom is -0.342 e. The average molecular weight is 270 g/mol. The predicted octanol–water partition coefficient (Wildman–Crippen LogP) is 2.26. The lowest BCUT2D eigenvalue weighted by molar-refractivity contribution is -0.130. The third kappa shape index (κ3) is 4.16. The highest BCUT2D eigenvalue weighted by atomic mass is 32.2. The maximum Gasteiger partial charge on any atom is 0.236 e. The molecule has 0 radical (unpaired) electrons. The molecule has 18 heavy (non-hydrogen) atoms. The normalized spacial score (nSPS) is 29.3. The average Bonchev–Trinajstić information content (AvgIpc) is 2.68. The van der Waals surface area contributed by atoms with Crippen LogP contribution in [0.15, 0.2) is 0 Å². The van der Waals surface area contributed by atoms with Gasteiger partial charge in [-0.1, -0.05) is 12.8 Å². The molecule has 0 aromatic carbocycles. The van der Waals surface area contributed by atoms with E-state index in [1.54, 1.807) is 0 Å². The van der Waals surface area contributed by atoms with Crippen LogP contribution in [-0.2, 0) is 4.79 Å². The molecule has 1 saturated heterocycles. The number of hydrogen-bond donors (Lipinski definition) is 1. The monoisotopic (exact) mass is 270 g/mol. The van der Waals surface area contributed by atoms with Gasteiger partial charge in [-0.15, -0.1) is 0 Å². The lowest BCUT2D eigenvalue weighted by Crippen LogP contribution is -2.41. The van der Waals surface area contributed by atoms with E-state index in [0.717, 1.165) is 18.3 Å². The summed E-state index contributed by atoms with van der Waals surface area (Å²) in [5, 5.41) is 4.26. The fraction of sp³-hybridized carbons (Fsp3) is 0.929. The Morgan fingerprint density at radius 2 is 1.94 bits per heavy atom. The third-order valence-corrected chi connectivity index (χ3v) is 5.31. The number of carbonyl (C=O) groups excluding carboxylic acids is 1. The Morgan fingerprint density at radius 3 is 2.56 bits per heavy atom. The van der Waals surface area contributed by atoms with Crippen LogP contribution in [-0.4, -0.2) is 48.0 Å². The van der Waals surface area contributed by atoms with E-state index in [1.807, 2.05) is 11.8 Å². The number of rotatable bonds is 4. The second-order valence-corrected chi connectivity index (χ2v) is 6.68. The van der Waals surface area contributed by atoms with Gasteiger partial charge in [-0.25, -0.2) is 0 Å². The summed E-state index contributed by atoms with van der Waals surface area (Å²) in [5.41, 5.74) is 0. The molecule has 0 aromatic rings. The highest BCUT2D eigenvalue weighted by molar-refractivity contribution is 7.99. The Bertz CT molecular complexity index is 265. The van der Waals surface area contributed by atoms with Gasteiger partial charge in [0.15, 0.2) is 0 Å². The Hall–Kier alpha value is -0.220. The molecule has 2 unspecified atom stereocenters. The predicted molar refractivity (Wildman–Crippen MR) is 78.0 cm³/mol. The minimum atomic E-state index is 0.310. The molecule has 0 aromatic heterocycles. The number of likely N-dealkylation sites (tertiary alicyclic amines) is 1. The summed E-state index contributed by atoms with van der Waals surface area (Å²) in [6.45, 7) is 2.49. The summed E-state index contributed by atoms with van der Waals surface area (Å²) in [6, 6.07) is 0.568. The van der Waals surface area contributed by atoms with Crippen molar-refractivity contribution >= 4 is 17.7 Å². The topological polar surface area (TPSA) is 32.3 Å². The first-order valence-corrected chi connectivity index (χ1v) is 8.62. The second-order valence-electron chi connectivity index (χ2n) is 5.54. The van der Waals surface area contributed by atoms with E-state index >= 15 is 0 Å². The summed E-state index contributed by atoms with van der Waals surface area (Å²) in [6.07, 6.45) is 10.9. The summed E-state index contributed by atoms with van der Waals surface area (Å²) in [7, 11) is 0. The van der Waals surface area contributed by atoms with Gasteiger partial charge in [-0.2, -0.15) is 11.8 Å². The zero-order valence-electron chi connectivity index (χ0n) is 11.5. The van der Waals surface area contributed by atoms with Gasteiger partial charge in [0.1, 0.15) is 0 Å². The van der Waals surface area contributed by atoms with E-state index < -0.39 is 0 Å². The second kappa shape index (κ2) is 7.39. The Labute approximate surface area is 115 Å².